The molecule has 1 atom stereocenters. The molecular weight excluding hydrogens is 446 g/mol. The van der Waals surface area contributed by atoms with Gasteiger partial charge in [-0.15, -0.1) is 0 Å². The fraction of sp³-hybridized carbons (Fsp3) is 0.259. The van der Waals surface area contributed by atoms with Crippen molar-refractivity contribution >= 4 is 17.5 Å². The molecule has 34 heavy (non-hydrogen) atoms. The topological polar surface area (TPSA) is 55.1 Å². The average molecular weight is 474 g/mol. The Labute approximate surface area is 204 Å². The van der Waals surface area contributed by atoms with Crippen molar-refractivity contribution in [3.63, 3.8) is 0 Å². The maximum atomic E-state index is 12.9. The second-order valence-corrected chi connectivity index (χ2v) is 9.19. The van der Waals surface area contributed by atoms with E-state index >= 15 is 0 Å². The molecule has 1 unspecified atom stereocenters. The monoisotopic (exact) mass is 473 g/mol. The van der Waals surface area contributed by atoms with Crippen molar-refractivity contribution in [1.82, 2.24) is 24.6 Å². The van der Waals surface area contributed by atoms with Crippen LogP contribution in [0.3, 0.4) is 0 Å². The highest BCUT2D eigenvalue weighted by atomic mass is 35.5. The second kappa shape index (κ2) is 10.3. The highest BCUT2D eigenvalue weighted by molar-refractivity contribution is 6.30. The molecule has 1 N–H and O–H groups in total. The third-order valence-corrected chi connectivity index (χ3v) is 6.57. The Kier molecular flexibility index (Phi) is 6.79. The molecule has 0 bridgehead atoms. The molecule has 4 aromatic rings. The molecule has 2 aromatic carbocycles. The van der Waals surface area contributed by atoms with Crippen LogP contribution >= 0.6 is 11.6 Å². The van der Waals surface area contributed by atoms with E-state index in [1.807, 2.05) is 77.9 Å². The van der Waals surface area contributed by atoms with Crippen LogP contribution in [0.15, 0.2) is 85.3 Å². The van der Waals surface area contributed by atoms with Crippen molar-refractivity contribution in [2.45, 2.75) is 25.9 Å². The largest absolute Gasteiger partial charge is 0.352 e. The molecule has 174 valence electrons. The zero-order valence-electron chi connectivity index (χ0n) is 19.0. The van der Waals surface area contributed by atoms with Crippen LogP contribution in [0.1, 0.15) is 24.0 Å². The number of rotatable bonds is 7. The van der Waals surface area contributed by atoms with E-state index in [9.17, 15) is 4.79 Å². The molecule has 6 nitrogen and oxygen atoms in total. The number of carbonyl (C=O) groups is 1. The Morgan fingerprint density at radius 1 is 1.03 bits per heavy atom. The minimum Gasteiger partial charge on any atom is -0.352 e. The Hall–Kier alpha value is -3.35. The molecular formula is C27H28ClN5O. The van der Waals surface area contributed by atoms with E-state index in [1.54, 1.807) is 0 Å². The van der Waals surface area contributed by atoms with Crippen molar-refractivity contribution in [2.24, 2.45) is 5.92 Å². The van der Waals surface area contributed by atoms with E-state index in [2.05, 4.69) is 26.9 Å². The fourth-order valence-corrected chi connectivity index (χ4v) is 4.71. The SMILES string of the molecule is O=C(NCc1ccc(Cl)cc1)C1CCCN(Cc2cnn(-c3ccccc3)c2-n2cccc2)C1. The smallest absolute Gasteiger partial charge is 0.224 e. The van der Waals surface area contributed by atoms with Gasteiger partial charge in [0.05, 0.1) is 17.8 Å². The molecule has 7 heteroatoms. The van der Waals surface area contributed by atoms with Crippen molar-refractivity contribution in [3.05, 3.63) is 101 Å². The number of hydrogen-bond acceptors (Lipinski definition) is 3. The predicted molar refractivity (Wildman–Crippen MR) is 134 cm³/mol. The Morgan fingerprint density at radius 2 is 1.79 bits per heavy atom. The molecule has 0 radical (unpaired) electrons. The van der Waals surface area contributed by atoms with E-state index < -0.39 is 0 Å². The first-order chi connectivity index (χ1) is 16.7. The summed E-state index contributed by atoms with van der Waals surface area (Å²) >= 11 is 5.96. The number of nitrogens with zero attached hydrogens (tertiary/aromatic N) is 4. The third kappa shape index (κ3) is 5.08. The standard InChI is InChI=1S/C27H28ClN5O/c28-24-12-10-21(11-13-24)17-29-26(34)22-7-6-14-31(19-22)20-23-18-30-33(25-8-2-1-3-9-25)27(23)32-15-4-5-16-32/h1-5,8-13,15-16,18,22H,6-7,14,17,19-20H2,(H,29,34). The van der Waals surface area contributed by atoms with E-state index in [-0.39, 0.29) is 11.8 Å². The lowest BCUT2D eigenvalue weighted by Gasteiger charge is -2.32. The normalized spacial score (nSPS) is 16.4. The molecule has 0 aliphatic carbocycles. The number of aromatic nitrogens is 3. The summed E-state index contributed by atoms with van der Waals surface area (Å²) in [5.74, 6) is 1.14. The van der Waals surface area contributed by atoms with E-state index in [1.165, 1.54) is 0 Å². The van der Waals surface area contributed by atoms with Crippen LogP contribution in [0.4, 0.5) is 0 Å². The lowest BCUT2D eigenvalue weighted by Crippen LogP contribution is -2.42. The predicted octanol–water partition coefficient (Wildman–Crippen LogP) is 4.84. The quantitative estimate of drug-likeness (QED) is 0.417. The number of halogens is 1. The number of piperidine rings is 1. The van der Waals surface area contributed by atoms with Crippen LogP contribution in [0.2, 0.25) is 5.02 Å². The van der Waals surface area contributed by atoms with Gasteiger partial charge in [-0.1, -0.05) is 41.9 Å². The van der Waals surface area contributed by atoms with Crippen LogP contribution < -0.4 is 5.32 Å². The fourth-order valence-electron chi connectivity index (χ4n) is 4.59. The summed E-state index contributed by atoms with van der Waals surface area (Å²) in [5, 5.41) is 8.52. The summed E-state index contributed by atoms with van der Waals surface area (Å²) in [7, 11) is 0. The van der Waals surface area contributed by atoms with Gasteiger partial charge in [-0.2, -0.15) is 5.10 Å². The van der Waals surface area contributed by atoms with Gasteiger partial charge in [0.2, 0.25) is 5.91 Å². The first-order valence-corrected chi connectivity index (χ1v) is 12.1. The second-order valence-electron chi connectivity index (χ2n) is 8.75. The van der Waals surface area contributed by atoms with Gasteiger partial charge >= 0.3 is 0 Å². The molecule has 0 spiro atoms. The number of likely N-dealkylation sites (tertiary alicyclic amines) is 1. The Bertz CT molecular complexity index is 1220. The minimum atomic E-state index is -0.0137. The summed E-state index contributed by atoms with van der Waals surface area (Å²) in [6, 6.07) is 21.8. The maximum absolute atomic E-state index is 12.9. The Balaban J connectivity index is 1.28. The number of benzene rings is 2. The van der Waals surface area contributed by atoms with Crippen LogP contribution in [-0.2, 0) is 17.9 Å². The number of hydrogen-bond donors (Lipinski definition) is 1. The highest BCUT2D eigenvalue weighted by Gasteiger charge is 2.27. The van der Waals surface area contributed by atoms with Gasteiger partial charge < -0.3 is 9.88 Å². The maximum Gasteiger partial charge on any atom is 0.224 e. The van der Waals surface area contributed by atoms with Gasteiger partial charge in [-0.05, 0) is 61.3 Å². The first-order valence-electron chi connectivity index (χ1n) is 11.7. The summed E-state index contributed by atoms with van der Waals surface area (Å²) < 4.78 is 4.09. The molecule has 1 saturated heterocycles. The molecule has 1 aliphatic heterocycles. The average Bonchev–Trinajstić information content (AvgIpc) is 3.54. The zero-order valence-corrected chi connectivity index (χ0v) is 19.7. The molecule has 1 amide bonds. The molecule has 2 aromatic heterocycles. The van der Waals surface area contributed by atoms with Crippen molar-refractivity contribution in [3.8, 4) is 11.5 Å². The van der Waals surface area contributed by atoms with Crippen LogP contribution in [0.5, 0.6) is 0 Å². The van der Waals surface area contributed by atoms with Gasteiger partial charge in [0.15, 0.2) is 0 Å². The number of amides is 1. The lowest BCUT2D eigenvalue weighted by molar-refractivity contribution is -0.126. The van der Waals surface area contributed by atoms with Gasteiger partial charge in [0, 0.05) is 42.6 Å². The minimum absolute atomic E-state index is 0.0137. The summed E-state index contributed by atoms with van der Waals surface area (Å²) in [6.45, 7) is 2.99. The van der Waals surface area contributed by atoms with Gasteiger partial charge in [-0.3, -0.25) is 9.69 Å². The molecule has 5 rings (SSSR count). The van der Waals surface area contributed by atoms with Crippen LogP contribution in [0, 0.1) is 5.92 Å². The number of carbonyl (C=O) groups excluding carboxylic acids is 1. The number of nitrogens with one attached hydrogen (secondary N) is 1. The molecule has 3 heterocycles. The zero-order chi connectivity index (χ0) is 23.3. The van der Waals surface area contributed by atoms with Gasteiger partial charge in [0.1, 0.15) is 5.82 Å². The number of para-hydroxylation sites is 1. The Morgan fingerprint density at radius 3 is 2.56 bits per heavy atom. The van der Waals surface area contributed by atoms with Crippen LogP contribution in [-0.4, -0.2) is 38.2 Å². The third-order valence-electron chi connectivity index (χ3n) is 6.32. The highest BCUT2D eigenvalue weighted by Crippen LogP contribution is 2.24. The lowest BCUT2D eigenvalue weighted by atomic mass is 9.96. The van der Waals surface area contributed by atoms with Crippen molar-refractivity contribution < 1.29 is 4.79 Å². The van der Waals surface area contributed by atoms with Gasteiger partial charge in [-0.25, -0.2) is 4.68 Å². The summed E-state index contributed by atoms with van der Waals surface area (Å²) in [6.07, 6.45) is 7.96. The first kappa shape index (κ1) is 22.4. The summed E-state index contributed by atoms with van der Waals surface area (Å²) in [4.78, 5) is 15.3. The molecule has 1 aliphatic rings. The van der Waals surface area contributed by atoms with Crippen molar-refractivity contribution in [1.29, 1.82) is 0 Å². The molecule has 0 saturated carbocycles. The van der Waals surface area contributed by atoms with Crippen molar-refractivity contribution in [2.75, 3.05) is 13.1 Å². The summed E-state index contributed by atoms with van der Waals surface area (Å²) in [5.41, 5.74) is 3.22. The molecule has 1 fully saturated rings. The van der Waals surface area contributed by atoms with E-state index in [4.69, 9.17) is 16.7 Å². The van der Waals surface area contributed by atoms with Gasteiger partial charge in [0.25, 0.3) is 0 Å². The van der Waals surface area contributed by atoms with E-state index in [0.717, 1.165) is 55.1 Å². The van der Waals surface area contributed by atoms with E-state index in [0.29, 0.717) is 11.6 Å². The van der Waals surface area contributed by atoms with Crippen LogP contribution in [0.25, 0.3) is 11.5 Å².